The lowest BCUT2D eigenvalue weighted by atomic mass is 9.85. The van der Waals surface area contributed by atoms with Gasteiger partial charge in [0.2, 0.25) is 5.88 Å². The Morgan fingerprint density at radius 2 is 2.22 bits per heavy atom. The molecule has 0 spiro atoms. The van der Waals surface area contributed by atoms with E-state index in [1.54, 1.807) is 6.20 Å². The Morgan fingerprint density at radius 1 is 1.44 bits per heavy atom. The van der Waals surface area contributed by atoms with Gasteiger partial charge in [-0.3, -0.25) is 0 Å². The standard InChI is InChI=1S/C14H19ClN2O/c1-10-4-2-3-5-12(10)9-18-14-13(15)6-11(7-16)8-17-14/h2-3,6,8,10,12H,4-5,7,9,16H2,1H3. The predicted molar refractivity (Wildman–Crippen MR) is 73.7 cm³/mol. The summed E-state index contributed by atoms with van der Waals surface area (Å²) in [5, 5.41) is 0.539. The molecule has 1 heterocycles. The lowest BCUT2D eigenvalue weighted by Crippen LogP contribution is -2.21. The normalized spacial score (nSPS) is 23.1. The molecule has 0 amide bonds. The topological polar surface area (TPSA) is 48.1 Å². The minimum Gasteiger partial charge on any atom is -0.476 e. The van der Waals surface area contributed by atoms with Crippen LogP contribution >= 0.6 is 11.6 Å². The summed E-state index contributed by atoms with van der Waals surface area (Å²) < 4.78 is 5.73. The van der Waals surface area contributed by atoms with Gasteiger partial charge in [-0.1, -0.05) is 30.7 Å². The summed E-state index contributed by atoms with van der Waals surface area (Å²) in [7, 11) is 0. The second-order valence-electron chi connectivity index (χ2n) is 4.83. The highest BCUT2D eigenvalue weighted by Crippen LogP contribution is 2.27. The van der Waals surface area contributed by atoms with Crippen LogP contribution in [0.3, 0.4) is 0 Å². The highest BCUT2D eigenvalue weighted by Gasteiger charge is 2.19. The number of nitrogens with two attached hydrogens (primary N) is 1. The van der Waals surface area contributed by atoms with E-state index < -0.39 is 0 Å². The third-order valence-corrected chi connectivity index (χ3v) is 3.72. The van der Waals surface area contributed by atoms with Gasteiger partial charge in [0.05, 0.1) is 6.61 Å². The van der Waals surface area contributed by atoms with E-state index in [4.69, 9.17) is 22.1 Å². The summed E-state index contributed by atoms with van der Waals surface area (Å²) in [5.41, 5.74) is 6.45. The van der Waals surface area contributed by atoms with E-state index in [-0.39, 0.29) is 0 Å². The van der Waals surface area contributed by atoms with Crippen LogP contribution in [0.2, 0.25) is 5.02 Å². The Hall–Kier alpha value is -1.06. The first kappa shape index (κ1) is 13.4. The summed E-state index contributed by atoms with van der Waals surface area (Å²) in [4.78, 5) is 4.21. The molecule has 0 fully saturated rings. The molecular formula is C14H19ClN2O. The van der Waals surface area contributed by atoms with Crippen molar-refractivity contribution in [2.75, 3.05) is 6.61 Å². The minimum absolute atomic E-state index is 0.442. The van der Waals surface area contributed by atoms with Gasteiger partial charge < -0.3 is 10.5 Å². The number of allylic oxidation sites excluding steroid dienone is 2. The van der Waals surface area contributed by atoms with E-state index in [0.29, 0.717) is 35.9 Å². The number of pyridine rings is 1. The summed E-state index contributed by atoms with van der Waals surface area (Å²) in [5.74, 6) is 1.70. The van der Waals surface area contributed by atoms with Gasteiger partial charge in [-0.15, -0.1) is 0 Å². The van der Waals surface area contributed by atoms with Crippen LogP contribution in [-0.4, -0.2) is 11.6 Å². The number of nitrogens with zero attached hydrogens (tertiary/aromatic N) is 1. The summed E-state index contributed by atoms with van der Waals surface area (Å²) >= 11 is 6.11. The molecule has 2 atom stereocenters. The Kier molecular flexibility index (Phi) is 4.61. The van der Waals surface area contributed by atoms with E-state index in [0.717, 1.165) is 18.4 Å². The van der Waals surface area contributed by atoms with Crippen molar-refractivity contribution >= 4 is 11.6 Å². The van der Waals surface area contributed by atoms with E-state index in [1.165, 1.54) is 0 Å². The van der Waals surface area contributed by atoms with Gasteiger partial charge in [0.15, 0.2) is 0 Å². The van der Waals surface area contributed by atoms with Crippen molar-refractivity contribution in [3.05, 3.63) is 35.0 Å². The lowest BCUT2D eigenvalue weighted by Gasteiger charge is -2.25. The third-order valence-electron chi connectivity index (χ3n) is 3.45. The van der Waals surface area contributed by atoms with Gasteiger partial charge in [0.25, 0.3) is 0 Å². The fourth-order valence-corrected chi connectivity index (χ4v) is 2.35. The first-order valence-corrected chi connectivity index (χ1v) is 6.70. The maximum Gasteiger partial charge on any atom is 0.232 e. The summed E-state index contributed by atoms with van der Waals surface area (Å²) in [6.07, 6.45) is 8.37. The maximum atomic E-state index is 6.11. The maximum absolute atomic E-state index is 6.11. The van der Waals surface area contributed by atoms with Crippen molar-refractivity contribution in [3.63, 3.8) is 0 Å². The molecule has 98 valence electrons. The molecule has 1 aliphatic rings. The van der Waals surface area contributed by atoms with Crippen molar-refractivity contribution in [3.8, 4) is 5.88 Å². The minimum atomic E-state index is 0.442. The fraction of sp³-hybridized carbons (Fsp3) is 0.500. The molecule has 4 heteroatoms. The molecule has 0 bridgehead atoms. The highest BCUT2D eigenvalue weighted by molar-refractivity contribution is 6.31. The first-order chi connectivity index (χ1) is 8.70. The number of aromatic nitrogens is 1. The van der Waals surface area contributed by atoms with E-state index in [9.17, 15) is 0 Å². The molecule has 1 aromatic rings. The number of hydrogen-bond donors (Lipinski definition) is 1. The number of rotatable bonds is 4. The average Bonchev–Trinajstić information content (AvgIpc) is 2.39. The number of halogens is 1. The monoisotopic (exact) mass is 266 g/mol. The van der Waals surface area contributed by atoms with Crippen molar-refractivity contribution in [2.45, 2.75) is 26.3 Å². The quantitative estimate of drug-likeness (QED) is 0.852. The Balaban J connectivity index is 1.95. The van der Waals surface area contributed by atoms with Crippen LogP contribution in [0.15, 0.2) is 24.4 Å². The molecule has 1 aliphatic carbocycles. The van der Waals surface area contributed by atoms with Crippen molar-refractivity contribution in [2.24, 2.45) is 17.6 Å². The second-order valence-corrected chi connectivity index (χ2v) is 5.23. The molecule has 0 aromatic carbocycles. The van der Waals surface area contributed by atoms with Gasteiger partial charge in [0, 0.05) is 12.7 Å². The van der Waals surface area contributed by atoms with Gasteiger partial charge in [-0.25, -0.2) is 4.98 Å². The molecule has 3 nitrogen and oxygen atoms in total. The molecule has 0 saturated heterocycles. The molecule has 2 N–H and O–H groups in total. The second kappa shape index (κ2) is 6.21. The first-order valence-electron chi connectivity index (χ1n) is 6.33. The molecule has 0 saturated carbocycles. The van der Waals surface area contributed by atoms with Crippen molar-refractivity contribution < 1.29 is 4.74 Å². The molecule has 0 aliphatic heterocycles. The van der Waals surface area contributed by atoms with Gasteiger partial charge >= 0.3 is 0 Å². The Morgan fingerprint density at radius 3 is 2.89 bits per heavy atom. The fourth-order valence-electron chi connectivity index (χ4n) is 2.11. The third kappa shape index (κ3) is 3.24. The van der Waals surface area contributed by atoms with Crippen LogP contribution in [0.4, 0.5) is 0 Å². The van der Waals surface area contributed by atoms with Crippen molar-refractivity contribution in [1.29, 1.82) is 0 Å². The molecule has 2 rings (SSSR count). The van der Waals surface area contributed by atoms with Crippen LogP contribution < -0.4 is 10.5 Å². The average molecular weight is 267 g/mol. The van der Waals surface area contributed by atoms with Crippen molar-refractivity contribution in [1.82, 2.24) is 4.98 Å². The van der Waals surface area contributed by atoms with Gasteiger partial charge in [-0.2, -0.15) is 0 Å². The van der Waals surface area contributed by atoms with E-state index in [1.807, 2.05) is 6.07 Å². The molecule has 2 unspecified atom stereocenters. The largest absolute Gasteiger partial charge is 0.476 e. The number of ether oxygens (including phenoxy) is 1. The molecule has 18 heavy (non-hydrogen) atoms. The smallest absolute Gasteiger partial charge is 0.232 e. The van der Waals surface area contributed by atoms with Crippen LogP contribution in [-0.2, 0) is 6.54 Å². The van der Waals surface area contributed by atoms with E-state index >= 15 is 0 Å². The zero-order chi connectivity index (χ0) is 13.0. The molecular weight excluding hydrogens is 248 g/mol. The molecule has 0 radical (unpaired) electrons. The van der Waals surface area contributed by atoms with Gasteiger partial charge in [-0.05, 0) is 36.3 Å². The van der Waals surface area contributed by atoms with Crippen LogP contribution in [0.5, 0.6) is 5.88 Å². The van der Waals surface area contributed by atoms with Crippen LogP contribution in [0.25, 0.3) is 0 Å². The van der Waals surface area contributed by atoms with E-state index in [2.05, 4.69) is 24.1 Å². The van der Waals surface area contributed by atoms with Crippen LogP contribution in [0, 0.1) is 11.8 Å². The summed E-state index contributed by atoms with van der Waals surface area (Å²) in [6.45, 7) is 3.36. The zero-order valence-electron chi connectivity index (χ0n) is 10.6. The van der Waals surface area contributed by atoms with Crippen LogP contribution in [0.1, 0.15) is 25.3 Å². The Labute approximate surface area is 113 Å². The predicted octanol–water partition coefficient (Wildman–Crippen LogP) is 3.17. The SMILES string of the molecule is CC1CC=CCC1COc1ncc(CN)cc1Cl. The highest BCUT2D eigenvalue weighted by atomic mass is 35.5. The number of hydrogen-bond acceptors (Lipinski definition) is 3. The zero-order valence-corrected chi connectivity index (χ0v) is 11.4. The lowest BCUT2D eigenvalue weighted by molar-refractivity contribution is 0.193. The summed E-state index contributed by atoms with van der Waals surface area (Å²) in [6, 6.07) is 1.81. The molecule has 1 aromatic heterocycles. The van der Waals surface area contributed by atoms with Gasteiger partial charge in [0.1, 0.15) is 5.02 Å². The Bertz CT molecular complexity index is 434.